The van der Waals surface area contributed by atoms with Crippen LogP contribution in [0.15, 0.2) is 54.6 Å². The second-order valence-electron chi connectivity index (χ2n) is 6.73. The van der Waals surface area contributed by atoms with Gasteiger partial charge in [-0.2, -0.15) is 0 Å². The highest BCUT2D eigenvalue weighted by Gasteiger charge is 2.29. The third kappa shape index (κ3) is 3.18. The van der Waals surface area contributed by atoms with Crippen molar-refractivity contribution in [1.82, 2.24) is 16.2 Å². The second-order valence-corrected chi connectivity index (χ2v) is 6.73. The minimum absolute atomic E-state index is 0.391. The van der Waals surface area contributed by atoms with Crippen LogP contribution in [-0.4, -0.2) is 13.1 Å². The van der Waals surface area contributed by atoms with E-state index in [0.717, 1.165) is 13.1 Å². The first-order chi connectivity index (χ1) is 11.4. The molecule has 0 bridgehead atoms. The van der Waals surface area contributed by atoms with Gasteiger partial charge in [-0.3, -0.25) is 5.43 Å². The van der Waals surface area contributed by atoms with E-state index in [1.807, 2.05) is 0 Å². The Morgan fingerprint density at radius 1 is 1.00 bits per heavy atom. The number of fused-ring (bicyclic) bond motifs is 1. The summed E-state index contributed by atoms with van der Waals surface area (Å²) in [6.07, 6.45) is 3.77. The van der Waals surface area contributed by atoms with Crippen LogP contribution in [0.4, 0.5) is 0 Å². The number of hydrogen-bond donors (Lipinski definition) is 3. The first kappa shape index (κ1) is 14.9. The minimum atomic E-state index is 0.391. The lowest BCUT2D eigenvalue weighted by molar-refractivity contribution is 0.385. The molecule has 3 N–H and O–H groups in total. The summed E-state index contributed by atoms with van der Waals surface area (Å²) in [6, 6.07) is 20.6. The summed E-state index contributed by atoms with van der Waals surface area (Å²) in [5.41, 5.74) is 11.2. The van der Waals surface area contributed by atoms with Crippen LogP contribution in [0.25, 0.3) is 0 Å². The molecule has 3 unspecified atom stereocenters. The maximum Gasteiger partial charge on any atom is 0.0515 e. The Hall–Kier alpha value is -1.68. The lowest BCUT2D eigenvalue weighted by Gasteiger charge is -2.28. The Balaban J connectivity index is 1.43. The molecule has 1 aliphatic carbocycles. The summed E-state index contributed by atoms with van der Waals surface area (Å²) in [5.74, 6) is 0.575. The highest BCUT2D eigenvalue weighted by molar-refractivity contribution is 5.32. The predicted molar refractivity (Wildman–Crippen MR) is 93.9 cm³/mol. The Morgan fingerprint density at radius 2 is 1.83 bits per heavy atom. The van der Waals surface area contributed by atoms with Crippen molar-refractivity contribution in [2.45, 2.75) is 31.3 Å². The Kier molecular flexibility index (Phi) is 4.42. The normalized spacial score (nSPS) is 26.9. The largest absolute Gasteiger partial charge is 0.310 e. The monoisotopic (exact) mass is 307 g/mol. The fourth-order valence-corrected chi connectivity index (χ4v) is 4.00. The molecule has 1 fully saturated rings. The van der Waals surface area contributed by atoms with Crippen LogP contribution in [0.2, 0.25) is 0 Å². The summed E-state index contributed by atoms with van der Waals surface area (Å²) in [6.45, 7) is 2.06. The first-order valence-corrected chi connectivity index (χ1v) is 8.76. The summed E-state index contributed by atoms with van der Waals surface area (Å²) >= 11 is 0. The molecule has 1 saturated heterocycles. The van der Waals surface area contributed by atoms with Crippen molar-refractivity contribution in [2.75, 3.05) is 13.1 Å². The maximum absolute atomic E-state index is 3.84. The number of aryl methyl sites for hydroxylation is 1. The van der Waals surface area contributed by atoms with Crippen LogP contribution in [0.3, 0.4) is 0 Å². The van der Waals surface area contributed by atoms with Crippen LogP contribution in [-0.2, 0) is 6.42 Å². The van der Waals surface area contributed by atoms with Crippen molar-refractivity contribution in [3.63, 3.8) is 0 Å². The third-order valence-corrected chi connectivity index (χ3v) is 5.25. The molecule has 23 heavy (non-hydrogen) atoms. The zero-order valence-corrected chi connectivity index (χ0v) is 13.5. The van der Waals surface area contributed by atoms with Crippen LogP contribution < -0.4 is 16.2 Å². The van der Waals surface area contributed by atoms with E-state index in [1.165, 1.54) is 36.0 Å². The van der Waals surface area contributed by atoms with E-state index < -0.39 is 0 Å². The zero-order valence-electron chi connectivity index (χ0n) is 13.5. The SMILES string of the molecule is c1ccc(C2NNCC2CNC2CCCc3ccccc32)cc1. The van der Waals surface area contributed by atoms with Crippen LogP contribution >= 0.6 is 0 Å². The molecule has 0 spiro atoms. The van der Waals surface area contributed by atoms with E-state index in [4.69, 9.17) is 0 Å². The van der Waals surface area contributed by atoms with E-state index >= 15 is 0 Å². The molecule has 2 aliphatic rings. The molecule has 1 heterocycles. The average Bonchev–Trinajstić information content (AvgIpc) is 3.09. The molecule has 0 aromatic heterocycles. The van der Waals surface area contributed by atoms with Crippen molar-refractivity contribution in [3.05, 3.63) is 71.3 Å². The highest BCUT2D eigenvalue weighted by atomic mass is 15.4. The summed E-state index contributed by atoms with van der Waals surface area (Å²) in [4.78, 5) is 0. The van der Waals surface area contributed by atoms with Crippen LogP contribution in [0.5, 0.6) is 0 Å². The number of rotatable bonds is 4. The molecule has 0 amide bonds. The Morgan fingerprint density at radius 3 is 2.74 bits per heavy atom. The minimum Gasteiger partial charge on any atom is -0.310 e. The quantitative estimate of drug-likeness (QED) is 0.812. The number of benzene rings is 2. The third-order valence-electron chi connectivity index (χ3n) is 5.25. The van der Waals surface area contributed by atoms with Gasteiger partial charge in [0.25, 0.3) is 0 Å². The van der Waals surface area contributed by atoms with E-state index in [2.05, 4.69) is 70.8 Å². The number of hydrogen-bond acceptors (Lipinski definition) is 3. The fraction of sp³-hybridized carbons (Fsp3) is 0.400. The van der Waals surface area contributed by atoms with Crippen molar-refractivity contribution < 1.29 is 0 Å². The molecule has 120 valence electrons. The first-order valence-electron chi connectivity index (χ1n) is 8.76. The van der Waals surface area contributed by atoms with Gasteiger partial charge in [-0.15, -0.1) is 0 Å². The summed E-state index contributed by atoms with van der Waals surface area (Å²) in [5, 5.41) is 3.84. The van der Waals surface area contributed by atoms with Gasteiger partial charge in [0.15, 0.2) is 0 Å². The van der Waals surface area contributed by atoms with Gasteiger partial charge in [-0.05, 0) is 36.0 Å². The van der Waals surface area contributed by atoms with Gasteiger partial charge in [0.1, 0.15) is 0 Å². The van der Waals surface area contributed by atoms with E-state index in [1.54, 1.807) is 0 Å². The standard InChI is InChI=1S/C20H25N3/c1-2-8-16(9-3-1)20-17(14-22-23-20)13-21-19-12-6-10-15-7-4-5-11-18(15)19/h1-5,7-9,11,17,19-23H,6,10,12-14H2. The molecule has 3 nitrogen and oxygen atoms in total. The molecular formula is C20H25N3. The predicted octanol–water partition coefficient (Wildman–Crippen LogP) is 3.12. The van der Waals surface area contributed by atoms with Gasteiger partial charge in [-0.1, -0.05) is 54.6 Å². The van der Waals surface area contributed by atoms with Crippen LogP contribution in [0, 0.1) is 5.92 Å². The van der Waals surface area contributed by atoms with Crippen molar-refractivity contribution in [3.8, 4) is 0 Å². The smallest absolute Gasteiger partial charge is 0.0515 e. The topological polar surface area (TPSA) is 36.1 Å². The lowest BCUT2D eigenvalue weighted by Crippen LogP contribution is -2.33. The van der Waals surface area contributed by atoms with Gasteiger partial charge in [0.05, 0.1) is 6.04 Å². The average molecular weight is 307 g/mol. The molecule has 2 aromatic rings. The molecule has 2 aromatic carbocycles. The highest BCUT2D eigenvalue weighted by Crippen LogP contribution is 2.30. The molecular weight excluding hydrogens is 282 g/mol. The van der Waals surface area contributed by atoms with Crippen molar-refractivity contribution in [2.24, 2.45) is 5.92 Å². The molecule has 3 heteroatoms. The van der Waals surface area contributed by atoms with Crippen molar-refractivity contribution >= 4 is 0 Å². The van der Waals surface area contributed by atoms with Crippen LogP contribution in [0.1, 0.15) is 41.6 Å². The molecule has 3 atom stereocenters. The van der Waals surface area contributed by atoms with E-state index in [-0.39, 0.29) is 0 Å². The second kappa shape index (κ2) is 6.83. The van der Waals surface area contributed by atoms with Gasteiger partial charge >= 0.3 is 0 Å². The van der Waals surface area contributed by atoms with Gasteiger partial charge in [0.2, 0.25) is 0 Å². The summed E-state index contributed by atoms with van der Waals surface area (Å²) in [7, 11) is 0. The maximum atomic E-state index is 3.84. The van der Waals surface area contributed by atoms with Crippen molar-refractivity contribution in [1.29, 1.82) is 0 Å². The Bertz CT molecular complexity index is 640. The molecule has 0 saturated carbocycles. The lowest BCUT2D eigenvalue weighted by atomic mass is 9.87. The van der Waals surface area contributed by atoms with Gasteiger partial charge in [0, 0.05) is 25.0 Å². The molecule has 1 aliphatic heterocycles. The van der Waals surface area contributed by atoms with Gasteiger partial charge < -0.3 is 5.32 Å². The molecule has 0 radical (unpaired) electrons. The Labute approximate surface area is 138 Å². The van der Waals surface area contributed by atoms with E-state index in [0.29, 0.717) is 18.0 Å². The number of hydrazine groups is 1. The fourth-order valence-electron chi connectivity index (χ4n) is 4.00. The number of nitrogens with one attached hydrogen (secondary N) is 3. The molecule has 4 rings (SSSR count). The summed E-state index contributed by atoms with van der Waals surface area (Å²) < 4.78 is 0. The zero-order chi connectivity index (χ0) is 15.5. The van der Waals surface area contributed by atoms with Gasteiger partial charge in [-0.25, -0.2) is 5.43 Å². The van der Waals surface area contributed by atoms with E-state index in [9.17, 15) is 0 Å².